The van der Waals surface area contributed by atoms with Crippen molar-refractivity contribution in [2.45, 2.75) is 91.4 Å². The van der Waals surface area contributed by atoms with Crippen molar-refractivity contribution in [3.63, 3.8) is 0 Å². The monoisotopic (exact) mass is 438 g/mol. The summed E-state index contributed by atoms with van der Waals surface area (Å²) in [6.07, 6.45) is 3.52. The van der Waals surface area contributed by atoms with Crippen LogP contribution in [0.2, 0.25) is 0 Å². The van der Waals surface area contributed by atoms with Crippen LogP contribution in [0.5, 0.6) is 0 Å². The number of aliphatic hydroxyl groups excluding tert-OH is 2. The molecule has 4 heteroatoms. The number of hydrogen-bond donors (Lipinski definition) is 3. The SMILES string of the molecule is CCCCN(CCCC)c1ccc(C2C(O)C(Nc3c(C)cc(C)cc3C)C2O)c(C)c1. The molecule has 1 aliphatic rings. The van der Waals surface area contributed by atoms with Gasteiger partial charge >= 0.3 is 0 Å². The summed E-state index contributed by atoms with van der Waals surface area (Å²) in [6, 6.07) is 10.4. The highest BCUT2D eigenvalue weighted by atomic mass is 16.3. The summed E-state index contributed by atoms with van der Waals surface area (Å²) >= 11 is 0. The van der Waals surface area contributed by atoms with Crippen LogP contribution in [0.4, 0.5) is 11.4 Å². The normalized spacial score (nSPS) is 22.5. The second kappa shape index (κ2) is 10.7. The Morgan fingerprint density at radius 3 is 1.88 bits per heavy atom. The van der Waals surface area contributed by atoms with Gasteiger partial charge in [0.2, 0.25) is 0 Å². The van der Waals surface area contributed by atoms with E-state index in [-0.39, 0.29) is 12.0 Å². The Balaban J connectivity index is 1.75. The zero-order chi connectivity index (χ0) is 23.4. The second-order valence-electron chi connectivity index (χ2n) is 9.69. The minimum absolute atomic E-state index is 0.257. The first-order chi connectivity index (χ1) is 15.3. The van der Waals surface area contributed by atoms with Crippen molar-refractivity contribution in [1.29, 1.82) is 0 Å². The number of anilines is 2. The number of rotatable bonds is 10. The summed E-state index contributed by atoms with van der Waals surface area (Å²) < 4.78 is 0. The minimum atomic E-state index is -0.620. The molecule has 0 aliphatic heterocycles. The molecule has 0 bridgehead atoms. The van der Waals surface area contributed by atoms with Crippen LogP contribution in [0.15, 0.2) is 30.3 Å². The first-order valence-corrected chi connectivity index (χ1v) is 12.3. The van der Waals surface area contributed by atoms with Gasteiger partial charge in [-0.05, 0) is 74.9 Å². The Morgan fingerprint density at radius 2 is 1.38 bits per heavy atom. The van der Waals surface area contributed by atoms with E-state index in [0.717, 1.165) is 41.0 Å². The van der Waals surface area contributed by atoms with Gasteiger partial charge in [-0.1, -0.05) is 50.5 Å². The molecule has 1 fully saturated rings. The lowest BCUT2D eigenvalue weighted by Gasteiger charge is -2.48. The van der Waals surface area contributed by atoms with E-state index in [9.17, 15) is 10.2 Å². The number of aryl methyl sites for hydroxylation is 4. The van der Waals surface area contributed by atoms with Crippen LogP contribution >= 0.6 is 0 Å². The molecule has 2 atom stereocenters. The molecule has 3 N–H and O–H groups in total. The van der Waals surface area contributed by atoms with Crippen molar-refractivity contribution in [3.8, 4) is 0 Å². The molecule has 1 aliphatic carbocycles. The van der Waals surface area contributed by atoms with E-state index in [1.165, 1.54) is 36.9 Å². The third kappa shape index (κ3) is 5.13. The van der Waals surface area contributed by atoms with E-state index in [0.29, 0.717) is 0 Å². The van der Waals surface area contributed by atoms with E-state index in [1.54, 1.807) is 0 Å². The second-order valence-corrected chi connectivity index (χ2v) is 9.69. The van der Waals surface area contributed by atoms with E-state index in [1.807, 2.05) is 0 Å². The topological polar surface area (TPSA) is 55.7 Å². The van der Waals surface area contributed by atoms with Crippen LogP contribution in [-0.2, 0) is 0 Å². The fourth-order valence-electron chi connectivity index (χ4n) is 5.12. The van der Waals surface area contributed by atoms with E-state index in [2.05, 4.69) is 82.1 Å². The smallest absolute Gasteiger partial charge is 0.0860 e. The first-order valence-electron chi connectivity index (χ1n) is 12.3. The van der Waals surface area contributed by atoms with Crippen LogP contribution in [0.1, 0.15) is 73.3 Å². The molecule has 1 saturated carbocycles. The van der Waals surface area contributed by atoms with Gasteiger partial charge in [0.05, 0.1) is 18.2 Å². The number of benzene rings is 2. The molecule has 0 spiro atoms. The molecule has 0 radical (unpaired) electrons. The molecule has 3 rings (SSSR count). The van der Waals surface area contributed by atoms with Gasteiger partial charge in [0.25, 0.3) is 0 Å². The molecule has 4 nitrogen and oxygen atoms in total. The third-order valence-electron chi connectivity index (χ3n) is 7.00. The van der Waals surface area contributed by atoms with Crippen LogP contribution in [-0.4, -0.2) is 41.6 Å². The zero-order valence-corrected chi connectivity index (χ0v) is 20.8. The van der Waals surface area contributed by atoms with E-state index >= 15 is 0 Å². The van der Waals surface area contributed by atoms with Gasteiger partial charge in [-0.2, -0.15) is 0 Å². The first kappa shape index (κ1) is 24.6. The summed E-state index contributed by atoms with van der Waals surface area (Å²) in [4.78, 5) is 2.48. The molecule has 0 amide bonds. The molecule has 0 aromatic heterocycles. The molecule has 0 heterocycles. The Morgan fingerprint density at radius 1 is 0.812 bits per heavy atom. The van der Waals surface area contributed by atoms with Gasteiger partial charge in [-0.25, -0.2) is 0 Å². The number of unbranched alkanes of at least 4 members (excludes halogenated alkanes) is 2. The standard InChI is InChI=1S/C28H42N2O2/c1-7-9-13-30(14-10-8-2)22-11-12-23(19(4)17-22)24-27(31)26(28(24)32)29-25-20(5)15-18(3)16-21(25)6/h11-12,15-17,24,26-29,31-32H,7-10,13-14H2,1-6H3. The molecule has 176 valence electrons. The summed E-state index contributed by atoms with van der Waals surface area (Å²) in [5.41, 5.74) is 7.97. The van der Waals surface area contributed by atoms with E-state index < -0.39 is 12.2 Å². The maximum Gasteiger partial charge on any atom is 0.0860 e. The summed E-state index contributed by atoms with van der Waals surface area (Å²) in [5.74, 6) is -0.257. The van der Waals surface area contributed by atoms with Crippen LogP contribution in [0, 0.1) is 27.7 Å². The van der Waals surface area contributed by atoms with Gasteiger partial charge in [-0.3, -0.25) is 0 Å². The largest absolute Gasteiger partial charge is 0.390 e. The van der Waals surface area contributed by atoms with Gasteiger partial charge < -0.3 is 20.4 Å². The summed E-state index contributed by atoms with van der Waals surface area (Å²) in [6.45, 7) is 14.9. The molecule has 32 heavy (non-hydrogen) atoms. The van der Waals surface area contributed by atoms with Gasteiger partial charge in [0.15, 0.2) is 0 Å². The molecular weight excluding hydrogens is 396 g/mol. The number of nitrogens with zero attached hydrogens (tertiary/aromatic N) is 1. The van der Waals surface area contributed by atoms with Crippen molar-refractivity contribution in [2.75, 3.05) is 23.3 Å². The predicted octanol–water partition coefficient (Wildman–Crippen LogP) is 5.63. The fourth-order valence-corrected chi connectivity index (χ4v) is 5.12. The quantitative estimate of drug-likeness (QED) is 0.450. The molecule has 2 aromatic rings. The van der Waals surface area contributed by atoms with Crippen LogP contribution in [0.3, 0.4) is 0 Å². The van der Waals surface area contributed by atoms with Crippen molar-refractivity contribution < 1.29 is 10.2 Å². The van der Waals surface area contributed by atoms with Crippen molar-refractivity contribution in [2.24, 2.45) is 0 Å². The molecule has 2 aromatic carbocycles. The minimum Gasteiger partial charge on any atom is -0.390 e. The Labute approximate surface area is 194 Å². The van der Waals surface area contributed by atoms with Crippen LogP contribution in [0.25, 0.3) is 0 Å². The number of hydrogen-bond acceptors (Lipinski definition) is 4. The molecule has 2 unspecified atom stereocenters. The Hall–Kier alpha value is -2.04. The van der Waals surface area contributed by atoms with Gasteiger partial charge in [0.1, 0.15) is 0 Å². The highest BCUT2D eigenvalue weighted by Crippen LogP contribution is 2.42. The van der Waals surface area contributed by atoms with Crippen molar-refractivity contribution in [1.82, 2.24) is 0 Å². The van der Waals surface area contributed by atoms with Gasteiger partial charge in [0, 0.05) is 30.4 Å². The highest BCUT2D eigenvalue weighted by Gasteiger charge is 2.50. The predicted molar refractivity (Wildman–Crippen MR) is 136 cm³/mol. The summed E-state index contributed by atoms with van der Waals surface area (Å²) in [5, 5.41) is 25.4. The average Bonchev–Trinajstić information content (AvgIpc) is 2.74. The third-order valence-corrected chi connectivity index (χ3v) is 7.00. The lowest BCUT2D eigenvalue weighted by atomic mass is 9.69. The fraction of sp³-hybridized carbons (Fsp3) is 0.571. The number of nitrogens with one attached hydrogen (secondary N) is 1. The zero-order valence-electron chi connectivity index (χ0n) is 20.8. The summed E-state index contributed by atoms with van der Waals surface area (Å²) in [7, 11) is 0. The average molecular weight is 439 g/mol. The van der Waals surface area contributed by atoms with Crippen molar-refractivity contribution in [3.05, 3.63) is 58.1 Å². The lowest BCUT2D eigenvalue weighted by Crippen LogP contribution is -2.61. The number of aliphatic hydroxyl groups is 2. The molecule has 0 saturated heterocycles. The maximum absolute atomic E-state index is 11.0. The van der Waals surface area contributed by atoms with Crippen LogP contribution < -0.4 is 10.2 Å². The maximum atomic E-state index is 11.0. The van der Waals surface area contributed by atoms with Crippen molar-refractivity contribution >= 4 is 11.4 Å². The van der Waals surface area contributed by atoms with Gasteiger partial charge in [-0.15, -0.1) is 0 Å². The molecular formula is C28H42N2O2. The Bertz CT molecular complexity index is 869. The highest BCUT2D eigenvalue weighted by molar-refractivity contribution is 5.60. The Kier molecular flexibility index (Phi) is 8.24. The lowest BCUT2D eigenvalue weighted by molar-refractivity contribution is -0.0664. The van der Waals surface area contributed by atoms with E-state index in [4.69, 9.17) is 0 Å².